The minimum Gasteiger partial charge on any atom is -0.425 e. The first-order chi connectivity index (χ1) is 9.83. The molecular weight excluding hydrogens is 250 g/mol. The Morgan fingerprint density at radius 2 is 2.05 bits per heavy atom. The number of hydrogen-bond acceptors (Lipinski definition) is 4. The van der Waals surface area contributed by atoms with Crippen LogP contribution in [0.2, 0.25) is 0 Å². The highest BCUT2D eigenvalue weighted by molar-refractivity contribution is 5.23. The van der Waals surface area contributed by atoms with Crippen LogP contribution in [0, 0.1) is 0 Å². The summed E-state index contributed by atoms with van der Waals surface area (Å²) in [7, 11) is 0. The van der Waals surface area contributed by atoms with Gasteiger partial charge in [-0.2, -0.15) is 0 Å². The van der Waals surface area contributed by atoms with E-state index in [1.54, 1.807) is 0 Å². The van der Waals surface area contributed by atoms with Crippen molar-refractivity contribution >= 4 is 0 Å². The molecule has 3 rings (SSSR count). The molecule has 0 bridgehead atoms. The lowest BCUT2D eigenvalue weighted by atomic mass is 10.0. The van der Waals surface area contributed by atoms with Crippen LogP contribution in [0.3, 0.4) is 0 Å². The normalized spacial score (nSPS) is 16.2. The first kappa shape index (κ1) is 13.3. The third-order valence-electron chi connectivity index (χ3n) is 3.73. The van der Waals surface area contributed by atoms with E-state index in [4.69, 9.17) is 4.42 Å². The highest BCUT2D eigenvalue weighted by Crippen LogP contribution is 2.23. The van der Waals surface area contributed by atoms with Gasteiger partial charge in [0.1, 0.15) is 0 Å². The Kier molecular flexibility index (Phi) is 4.11. The quantitative estimate of drug-likeness (QED) is 0.787. The second-order valence-electron chi connectivity index (χ2n) is 5.50. The van der Waals surface area contributed by atoms with Gasteiger partial charge in [0, 0.05) is 12.5 Å². The van der Waals surface area contributed by atoms with E-state index < -0.39 is 0 Å². The maximum Gasteiger partial charge on any atom is 0.223 e. The van der Waals surface area contributed by atoms with E-state index in [0.29, 0.717) is 5.89 Å². The Labute approximate surface area is 119 Å². The average molecular weight is 271 g/mol. The maximum atomic E-state index is 5.77. The van der Waals surface area contributed by atoms with Gasteiger partial charge >= 0.3 is 0 Å². The number of aromatic nitrogens is 2. The lowest BCUT2D eigenvalue weighted by molar-refractivity contribution is 0.432. The Morgan fingerprint density at radius 1 is 1.25 bits per heavy atom. The molecule has 1 aliphatic carbocycles. The van der Waals surface area contributed by atoms with E-state index in [-0.39, 0.29) is 5.92 Å². The van der Waals surface area contributed by atoms with Crippen LogP contribution >= 0.6 is 0 Å². The third kappa shape index (κ3) is 3.45. The van der Waals surface area contributed by atoms with Gasteiger partial charge in [-0.05, 0) is 38.3 Å². The Morgan fingerprint density at radius 3 is 2.80 bits per heavy atom. The van der Waals surface area contributed by atoms with Crippen LogP contribution in [-0.4, -0.2) is 22.8 Å². The summed E-state index contributed by atoms with van der Waals surface area (Å²) in [6, 6.07) is 11.0. The van der Waals surface area contributed by atoms with E-state index >= 15 is 0 Å². The number of rotatable bonds is 7. The molecule has 4 nitrogen and oxygen atoms in total. The van der Waals surface area contributed by atoms with Crippen molar-refractivity contribution in [2.24, 2.45) is 0 Å². The van der Waals surface area contributed by atoms with Crippen molar-refractivity contribution in [2.45, 2.75) is 44.6 Å². The van der Waals surface area contributed by atoms with E-state index in [1.165, 1.54) is 18.4 Å². The largest absolute Gasteiger partial charge is 0.425 e. The Bertz CT molecular complexity index is 534. The summed E-state index contributed by atoms with van der Waals surface area (Å²) < 4.78 is 5.77. The van der Waals surface area contributed by atoms with Crippen molar-refractivity contribution < 1.29 is 4.42 Å². The zero-order chi connectivity index (χ0) is 13.8. The third-order valence-corrected chi connectivity index (χ3v) is 3.73. The predicted octanol–water partition coefficient (Wildman–Crippen LogP) is 2.91. The van der Waals surface area contributed by atoms with Gasteiger partial charge in [0.05, 0.1) is 5.92 Å². The molecule has 1 atom stereocenters. The van der Waals surface area contributed by atoms with Gasteiger partial charge in [0.2, 0.25) is 11.8 Å². The average Bonchev–Trinajstić information content (AvgIpc) is 3.20. The minimum absolute atomic E-state index is 0.155. The fourth-order valence-corrected chi connectivity index (χ4v) is 2.26. The van der Waals surface area contributed by atoms with Gasteiger partial charge < -0.3 is 9.73 Å². The molecule has 1 unspecified atom stereocenters. The second kappa shape index (κ2) is 6.18. The fourth-order valence-electron chi connectivity index (χ4n) is 2.26. The smallest absolute Gasteiger partial charge is 0.223 e. The number of benzene rings is 1. The van der Waals surface area contributed by atoms with E-state index in [1.807, 2.05) is 18.2 Å². The molecule has 20 heavy (non-hydrogen) atoms. The van der Waals surface area contributed by atoms with Gasteiger partial charge in [0.25, 0.3) is 0 Å². The molecule has 0 aliphatic heterocycles. The van der Waals surface area contributed by atoms with Gasteiger partial charge in [-0.1, -0.05) is 30.3 Å². The SMILES string of the molecule is CC(c1ccccc1)c1nnc(CCCNC2CC2)o1. The van der Waals surface area contributed by atoms with Crippen molar-refractivity contribution in [1.29, 1.82) is 0 Å². The minimum atomic E-state index is 0.155. The Hall–Kier alpha value is -1.68. The fraction of sp³-hybridized carbons (Fsp3) is 0.500. The molecule has 106 valence electrons. The first-order valence-electron chi connectivity index (χ1n) is 7.43. The molecule has 0 amide bonds. The van der Waals surface area contributed by atoms with Crippen LogP contribution in [0.5, 0.6) is 0 Å². The van der Waals surface area contributed by atoms with Gasteiger partial charge in [-0.3, -0.25) is 0 Å². The zero-order valence-electron chi connectivity index (χ0n) is 11.9. The first-order valence-corrected chi connectivity index (χ1v) is 7.43. The molecule has 1 heterocycles. The summed E-state index contributed by atoms with van der Waals surface area (Å²) in [6.45, 7) is 3.14. The number of nitrogens with one attached hydrogen (secondary N) is 1. The molecular formula is C16H21N3O. The second-order valence-corrected chi connectivity index (χ2v) is 5.50. The summed E-state index contributed by atoms with van der Waals surface area (Å²) in [5, 5.41) is 11.8. The number of aryl methyl sites for hydroxylation is 1. The van der Waals surface area contributed by atoms with Crippen LogP contribution < -0.4 is 5.32 Å². The van der Waals surface area contributed by atoms with Crippen molar-refractivity contribution in [3.05, 3.63) is 47.7 Å². The summed E-state index contributed by atoms with van der Waals surface area (Å²) in [4.78, 5) is 0. The molecule has 0 radical (unpaired) electrons. The van der Waals surface area contributed by atoms with E-state index in [0.717, 1.165) is 31.3 Å². The summed E-state index contributed by atoms with van der Waals surface area (Å²) >= 11 is 0. The highest BCUT2D eigenvalue weighted by atomic mass is 16.4. The van der Waals surface area contributed by atoms with Crippen LogP contribution in [0.15, 0.2) is 34.7 Å². The monoisotopic (exact) mass is 271 g/mol. The van der Waals surface area contributed by atoms with Crippen molar-refractivity contribution in [1.82, 2.24) is 15.5 Å². The molecule has 4 heteroatoms. The molecule has 1 fully saturated rings. The topological polar surface area (TPSA) is 51.0 Å². The molecule has 0 saturated heterocycles. The van der Waals surface area contributed by atoms with Crippen molar-refractivity contribution in [3.8, 4) is 0 Å². The van der Waals surface area contributed by atoms with Crippen LogP contribution in [0.25, 0.3) is 0 Å². The standard InChI is InChI=1S/C16H21N3O/c1-12(13-6-3-2-4-7-13)16-19-18-15(20-16)8-5-11-17-14-9-10-14/h2-4,6-7,12,14,17H,5,8-11H2,1H3. The molecule has 1 aromatic heterocycles. The lowest BCUT2D eigenvalue weighted by Gasteiger charge is -2.06. The molecule has 1 N–H and O–H groups in total. The highest BCUT2D eigenvalue weighted by Gasteiger charge is 2.20. The molecule has 1 aromatic carbocycles. The summed E-state index contributed by atoms with van der Waals surface area (Å²) in [5.74, 6) is 1.61. The maximum absolute atomic E-state index is 5.77. The molecule has 1 aliphatic rings. The zero-order valence-corrected chi connectivity index (χ0v) is 11.9. The van der Waals surface area contributed by atoms with Crippen LogP contribution in [-0.2, 0) is 6.42 Å². The number of hydrogen-bond donors (Lipinski definition) is 1. The molecule has 1 saturated carbocycles. The summed E-state index contributed by atoms with van der Waals surface area (Å²) in [5.41, 5.74) is 1.21. The molecule has 2 aromatic rings. The van der Waals surface area contributed by atoms with E-state index in [2.05, 4.69) is 34.6 Å². The van der Waals surface area contributed by atoms with Gasteiger partial charge in [-0.25, -0.2) is 0 Å². The Balaban J connectivity index is 1.52. The van der Waals surface area contributed by atoms with E-state index in [9.17, 15) is 0 Å². The van der Waals surface area contributed by atoms with Crippen molar-refractivity contribution in [3.63, 3.8) is 0 Å². The lowest BCUT2D eigenvalue weighted by Crippen LogP contribution is -2.17. The van der Waals surface area contributed by atoms with Crippen LogP contribution in [0.4, 0.5) is 0 Å². The molecule has 0 spiro atoms. The number of nitrogens with zero attached hydrogens (tertiary/aromatic N) is 2. The van der Waals surface area contributed by atoms with Gasteiger partial charge in [-0.15, -0.1) is 10.2 Å². The predicted molar refractivity (Wildman–Crippen MR) is 77.6 cm³/mol. The van der Waals surface area contributed by atoms with Crippen molar-refractivity contribution in [2.75, 3.05) is 6.54 Å². The van der Waals surface area contributed by atoms with Gasteiger partial charge in [0.15, 0.2) is 0 Å². The summed E-state index contributed by atoms with van der Waals surface area (Å²) in [6.07, 6.45) is 4.57. The van der Waals surface area contributed by atoms with Crippen LogP contribution in [0.1, 0.15) is 49.4 Å².